The lowest BCUT2D eigenvalue weighted by molar-refractivity contribution is 0.119. The van der Waals surface area contributed by atoms with Crippen LogP contribution in [0.3, 0.4) is 0 Å². The molecule has 1 aliphatic heterocycles. The number of aryl methyl sites for hydroxylation is 1. The molecule has 1 aromatic carbocycles. The minimum absolute atomic E-state index is 0.116. The van der Waals surface area contributed by atoms with Gasteiger partial charge in [-0.25, -0.2) is 0 Å². The van der Waals surface area contributed by atoms with Crippen molar-refractivity contribution in [1.29, 1.82) is 5.26 Å². The van der Waals surface area contributed by atoms with E-state index in [0.29, 0.717) is 11.3 Å². The summed E-state index contributed by atoms with van der Waals surface area (Å²) < 4.78 is 3.23. The largest absolute Gasteiger partial charge is 0.351 e. The first-order valence-electron chi connectivity index (χ1n) is 11.1. The number of anilines is 1. The predicted octanol–water partition coefficient (Wildman–Crippen LogP) is 2.51. The molecule has 0 spiro atoms. The van der Waals surface area contributed by atoms with Gasteiger partial charge in [0, 0.05) is 62.8 Å². The Balaban J connectivity index is 1.46. The third-order valence-electron chi connectivity index (χ3n) is 6.75. The van der Waals surface area contributed by atoms with Crippen molar-refractivity contribution >= 4 is 22.5 Å². The second-order valence-electron chi connectivity index (χ2n) is 8.84. The molecule has 4 aromatic rings. The topological polar surface area (TPSA) is 95.4 Å². The van der Waals surface area contributed by atoms with Gasteiger partial charge < -0.3 is 4.90 Å². The smallest absolute Gasteiger partial charge is 0.255 e. The number of nitrogens with zero attached hydrogens (tertiary/aromatic N) is 8. The number of nitriles is 1. The molecule has 4 heterocycles. The summed E-state index contributed by atoms with van der Waals surface area (Å²) in [6.45, 7) is 8.15. The standard InChI is InChI=1S/C24H26N8O/c1-15-14-31(23-11-24(33)29(4)22-10-19(12-25)28-32(22)23)16(2)13-30(15)17(3)18-5-6-20-21(9-18)27-8-7-26-20/h5-11,15-17H,13-14H2,1-4H3/t15-,16+,17?/m1/s1. The van der Waals surface area contributed by atoms with Gasteiger partial charge in [0.05, 0.1) is 11.0 Å². The first kappa shape index (κ1) is 21.1. The average molecular weight is 443 g/mol. The molecule has 9 nitrogen and oxygen atoms in total. The second kappa shape index (κ2) is 7.98. The second-order valence-corrected chi connectivity index (χ2v) is 8.84. The van der Waals surface area contributed by atoms with Crippen molar-refractivity contribution in [3.63, 3.8) is 0 Å². The summed E-state index contributed by atoms with van der Waals surface area (Å²) in [7, 11) is 1.70. The number of hydrogen-bond donors (Lipinski definition) is 0. The summed E-state index contributed by atoms with van der Waals surface area (Å²) in [6, 6.07) is 12.2. The van der Waals surface area contributed by atoms with Crippen LogP contribution in [0.15, 0.2) is 47.5 Å². The van der Waals surface area contributed by atoms with Gasteiger partial charge >= 0.3 is 0 Å². The maximum atomic E-state index is 12.6. The van der Waals surface area contributed by atoms with Crippen LogP contribution in [-0.4, -0.2) is 54.2 Å². The van der Waals surface area contributed by atoms with E-state index in [1.807, 2.05) is 6.07 Å². The zero-order valence-corrected chi connectivity index (χ0v) is 19.2. The van der Waals surface area contributed by atoms with Crippen LogP contribution < -0.4 is 10.5 Å². The lowest BCUT2D eigenvalue weighted by Gasteiger charge is -2.47. The molecule has 5 rings (SSSR count). The Morgan fingerprint density at radius 2 is 1.82 bits per heavy atom. The van der Waals surface area contributed by atoms with E-state index in [2.05, 4.69) is 63.8 Å². The normalized spacial score (nSPS) is 20.3. The van der Waals surface area contributed by atoms with E-state index in [0.717, 1.165) is 29.9 Å². The van der Waals surface area contributed by atoms with E-state index < -0.39 is 0 Å². The van der Waals surface area contributed by atoms with Crippen molar-refractivity contribution < 1.29 is 0 Å². The van der Waals surface area contributed by atoms with E-state index in [4.69, 9.17) is 0 Å². The molecule has 1 aliphatic rings. The highest BCUT2D eigenvalue weighted by Gasteiger charge is 2.34. The minimum Gasteiger partial charge on any atom is -0.351 e. The number of hydrogen-bond acceptors (Lipinski definition) is 7. The molecule has 1 unspecified atom stereocenters. The van der Waals surface area contributed by atoms with E-state index >= 15 is 0 Å². The quantitative estimate of drug-likeness (QED) is 0.481. The molecule has 0 bridgehead atoms. The highest BCUT2D eigenvalue weighted by molar-refractivity contribution is 5.74. The summed E-state index contributed by atoms with van der Waals surface area (Å²) in [4.78, 5) is 26.2. The van der Waals surface area contributed by atoms with Crippen molar-refractivity contribution in [2.45, 2.75) is 38.9 Å². The molecular formula is C24H26N8O. The molecular weight excluding hydrogens is 416 g/mol. The SMILES string of the molecule is CC(c1ccc2nccnc2c1)N1C[C@H](C)N(c2cc(=O)n(C)c3cc(C#N)nn23)C[C@H]1C. The third kappa shape index (κ3) is 3.52. The van der Waals surface area contributed by atoms with Gasteiger partial charge in [-0.1, -0.05) is 6.07 Å². The molecule has 0 amide bonds. The summed E-state index contributed by atoms with van der Waals surface area (Å²) >= 11 is 0. The van der Waals surface area contributed by atoms with Crippen molar-refractivity contribution in [2.24, 2.45) is 7.05 Å². The maximum Gasteiger partial charge on any atom is 0.255 e. The van der Waals surface area contributed by atoms with Crippen LogP contribution in [0, 0.1) is 11.3 Å². The van der Waals surface area contributed by atoms with Crippen LogP contribution in [0.4, 0.5) is 5.82 Å². The van der Waals surface area contributed by atoms with E-state index in [9.17, 15) is 10.1 Å². The average Bonchev–Trinajstić information content (AvgIpc) is 3.27. The van der Waals surface area contributed by atoms with Crippen molar-refractivity contribution in [3.8, 4) is 6.07 Å². The Morgan fingerprint density at radius 3 is 2.58 bits per heavy atom. The van der Waals surface area contributed by atoms with Crippen LogP contribution in [0.1, 0.15) is 38.1 Å². The van der Waals surface area contributed by atoms with E-state index in [1.54, 1.807) is 36.1 Å². The molecule has 0 radical (unpaired) electrons. The highest BCUT2D eigenvalue weighted by Crippen LogP contribution is 2.30. The summed E-state index contributed by atoms with van der Waals surface area (Å²) in [5, 5.41) is 13.7. The van der Waals surface area contributed by atoms with Gasteiger partial charge in [0.1, 0.15) is 17.5 Å². The minimum atomic E-state index is -0.116. The Kier molecular flexibility index (Phi) is 5.10. The molecule has 0 aliphatic carbocycles. The van der Waals surface area contributed by atoms with Gasteiger partial charge in [-0.3, -0.25) is 24.2 Å². The highest BCUT2D eigenvalue weighted by atomic mass is 16.1. The third-order valence-corrected chi connectivity index (χ3v) is 6.75. The lowest BCUT2D eigenvalue weighted by atomic mass is 10.0. The summed E-state index contributed by atoms with van der Waals surface area (Å²) in [6.07, 6.45) is 3.43. The van der Waals surface area contributed by atoms with Crippen molar-refractivity contribution in [1.82, 2.24) is 29.0 Å². The Morgan fingerprint density at radius 1 is 1.06 bits per heavy atom. The van der Waals surface area contributed by atoms with Crippen LogP contribution in [-0.2, 0) is 7.05 Å². The molecule has 1 saturated heterocycles. The number of benzene rings is 1. The van der Waals surface area contributed by atoms with E-state index in [-0.39, 0.29) is 23.7 Å². The molecule has 3 atom stereocenters. The van der Waals surface area contributed by atoms with Crippen molar-refractivity contribution in [2.75, 3.05) is 18.0 Å². The van der Waals surface area contributed by atoms with Gasteiger partial charge in [0.2, 0.25) is 0 Å². The lowest BCUT2D eigenvalue weighted by Crippen LogP contribution is -2.57. The number of aromatic nitrogens is 5. The molecule has 33 heavy (non-hydrogen) atoms. The Hall–Kier alpha value is -3.77. The number of piperazine rings is 1. The molecule has 0 saturated carbocycles. The number of fused-ring (bicyclic) bond motifs is 2. The first-order chi connectivity index (χ1) is 15.9. The van der Waals surface area contributed by atoms with Crippen LogP contribution in [0.5, 0.6) is 0 Å². The van der Waals surface area contributed by atoms with Gasteiger partial charge in [-0.15, -0.1) is 0 Å². The summed E-state index contributed by atoms with van der Waals surface area (Å²) in [5.74, 6) is 0.724. The fourth-order valence-corrected chi connectivity index (χ4v) is 4.86. The molecule has 3 aromatic heterocycles. The molecule has 168 valence electrons. The van der Waals surface area contributed by atoms with E-state index in [1.165, 1.54) is 10.1 Å². The van der Waals surface area contributed by atoms with Gasteiger partial charge in [0.15, 0.2) is 5.69 Å². The Labute approximate surface area is 191 Å². The van der Waals surface area contributed by atoms with Crippen LogP contribution in [0.25, 0.3) is 16.7 Å². The zero-order chi connectivity index (χ0) is 23.3. The van der Waals surface area contributed by atoms with Crippen LogP contribution in [0.2, 0.25) is 0 Å². The van der Waals surface area contributed by atoms with Gasteiger partial charge in [-0.2, -0.15) is 14.9 Å². The Bertz CT molecular complexity index is 1450. The fraction of sp³-hybridized carbons (Fsp3) is 0.375. The molecule has 0 N–H and O–H groups in total. The fourth-order valence-electron chi connectivity index (χ4n) is 4.86. The molecule has 9 heteroatoms. The van der Waals surface area contributed by atoms with Crippen LogP contribution >= 0.6 is 0 Å². The number of rotatable bonds is 3. The zero-order valence-electron chi connectivity index (χ0n) is 19.2. The maximum absolute atomic E-state index is 12.6. The van der Waals surface area contributed by atoms with Crippen molar-refractivity contribution in [3.05, 3.63) is 64.3 Å². The first-order valence-corrected chi connectivity index (χ1v) is 11.1. The summed E-state index contributed by atoms with van der Waals surface area (Å²) in [5.41, 5.74) is 3.79. The van der Waals surface area contributed by atoms with Gasteiger partial charge in [0.25, 0.3) is 5.56 Å². The molecule has 1 fully saturated rings. The van der Waals surface area contributed by atoms with Gasteiger partial charge in [-0.05, 0) is 38.5 Å². The predicted molar refractivity (Wildman–Crippen MR) is 126 cm³/mol. The monoisotopic (exact) mass is 442 g/mol.